The average Bonchev–Trinajstić information content (AvgIpc) is 2.94. The van der Waals surface area contributed by atoms with E-state index in [4.69, 9.17) is 4.52 Å². The molecule has 0 unspecified atom stereocenters. The molecule has 3 heterocycles. The van der Waals surface area contributed by atoms with E-state index < -0.39 is 35.0 Å². The first-order valence-electron chi connectivity index (χ1n) is 7.47. The molecule has 1 aliphatic carbocycles. The van der Waals surface area contributed by atoms with Crippen LogP contribution < -0.4 is 0 Å². The molecular weight excluding hydrogens is 344 g/mol. The van der Waals surface area contributed by atoms with Crippen LogP contribution >= 0.6 is 0 Å². The molecule has 1 aliphatic heterocycles. The van der Waals surface area contributed by atoms with Crippen molar-refractivity contribution in [2.75, 3.05) is 6.54 Å². The number of imidazole rings is 1. The predicted molar refractivity (Wildman–Crippen MR) is 75.7 cm³/mol. The number of hydrogen-bond donors (Lipinski definition) is 0. The van der Waals surface area contributed by atoms with Crippen molar-refractivity contribution >= 4 is 10.0 Å². The Morgan fingerprint density at radius 1 is 1.38 bits per heavy atom. The normalized spacial score (nSPS) is 24.5. The van der Waals surface area contributed by atoms with E-state index in [1.165, 1.54) is 17.1 Å². The van der Waals surface area contributed by atoms with Gasteiger partial charge in [-0.3, -0.25) is 0 Å². The Morgan fingerprint density at radius 2 is 2.12 bits per heavy atom. The van der Waals surface area contributed by atoms with E-state index in [1.807, 2.05) is 0 Å². The zero-order valence-electron chi connectivity index (χ0n) is 12.8. The fourth-order valence-corrected chi connectivity index (χ4v) is 4.36. The maximum absolute atomic E-state index is 13.9. The van der Waals surface area contributed by atoms with Gasteiger partial charge in [0.15, 0.2) is 10.9 Å². The van der Waals surface area contributed by atoms with E-state index in [1.54, 1.807) is 7.05 Å². The van der Waals surface area contributed by atoms with E-state index in [-0.39, 0.29) is 16.8 Å². The number of aryl methyl sites for hydroxylation is 1. The molecule has 0 spiro atoms. The third-order valence-electron chi connectivity index (χ3n) is 4.17. The molecule has 8 nitrogen and oxygen atoms in total. The second-order valence-electron chi connectivity index (χ2n) is 6.27. The van der Waals surface area contributed by atoms with Crippen LogP contribution in [0.25, 0.3) is 0 Å². The van der Waals surface area contributed by atoms with Gasteiger partial charge < -0.3 is 9.09 Å². The SMILES string of the molecule is Cn1cnc(S(=O)(=O)N2CC(F)(F)C[C@H]2c2nc(C3CC3)no2)c1. The molecule has 11 heteroatoms. The molecule has 0 bridgehead atoms. The fourth-order valence-electron chi connectivity index (χ4n) is 2.78. The minimum atomic E-state index is -4.19. The zero-order valence-corrected chi connectivity index (χ0v) is 13.6. The number of aromatic nitrogens is 4. The van der Waals surface area contributed by atoms with Crippen LogP contribution in [-0.2, 0) is 17.1 Å². The van der Waals surface area contributed by atoms with Crippen LogP contribution in [0.3, 0.4) is 0 Å². The molecule has 1 atom stereocenters. The monoisotopic (exact) mass is 359 g/mol. The van der Waals surface area contributed by atoms with Gasteiger partial charge in [0, 0.05) is 25.6 Å². The molecule has 0 amide bonds. The van der Waals surface area contributed by atoms with E-state index in [0.29, 0.717) is 10.1 Å². The first-order valence-corrected chi connectivity index (χ1v) is 8.91. The maximum Gasteiger partial charge on any atom is 0.263 e. The van der Waals surface area contributed by atoms with Crippen LogP contribution in [0.15, 0.2) is 22.1 Å². The lowest BCUT2D eigenvalue weighted by Crippen LogP contribution is -2.33. The first kappa shape index (κ1) is 15.6. The highest BCUT2D eigenvalue weighted by molar-refractivity contribution is 7.89. The van der Waals surface area contributed by atoms with Gasteiger partial charge in [0.1, 0.15) is 6.04 Å². The second-order valence-corrected chi connectivity index (χ2v) is 8.11. The van der Waals surface area contributed by atoms with Crippen molar-refractivity contribution in [2.45, 2.75) is 42.2 Å². The Balaban J connectivity index is 1.71. The molecule has 1 saturated carbocycles. The summed E-state index contributed by atoms with van der Waals surface area (Å²) in [6.07, 6.45) is 3.73. The third-order valence-corrected chi connectivity index (χ3v) is 5.91. The Hall–Kier alpha value is -1.88. The molecule has 2 aromatic rings. The minimum absolute atomic E-state index is 0.0893. The topological polar surface area (TPSA) is 94.1 Å². The predicted octanol–water partition coefficient (Wildman–Crippen LogP) is 1.45. The third kappa shape index (κ3) is 2.61. The Bertz CT molecular complexity index is 874. The van der Waals surface area contributed by atoms with Gasteiger partial charge in [0.05, 0.1) is 12.9 Å². The molecule has 130 valence electrons. The van der Waals surface area contributed by atoms with Gasteiger partial charge in [-0.15, -0.1) is 0 Å². The molecule has 2 fully saturated rings. The van der Waals surface area contributed by atoms with Gasteiger partial charge >= 0.3 is 0 Å². The summed E-state index contributed by atoms with van der Waals surface area (Å²) in [7, 11) is -2.59. The molecule has 0 radical (unpaired) electrons. The highest BCUT2D eigenvalue weighted by Crippen LogP contribution is 2.44. The van der Waals surface area contributed by atoms with Gasteiger partial charge in [-0.2, -0.15) is 9.29 Å². The number of rotatable bonds is 4. The lowest BCUT2D eigenvalue weighted by Gasteiger charge is -2.19. The van der Waals surface area contributed by atoms with Crippen molar-refractivity contribution in [1.82, 2.24) is 24.0 Å². The first-order chi connectivity index (χ1) is 11.3. The molecule has 2 aromatic heterocycles. The van der Waals surface area contributed by atoms with Crippen molar-refractivity contribution in [3.05, 3.63) is 24.2 Å². The van der Waals surface area contributed by atoms with Gasteiger partial charge in [-0.25, -0.2) is 22.2 Å². The van der Waals surface area contributed by atoms with Crippen LogP contribution in [0.2, 0.25) is 0 Å². The summed E-state index contributed by atoms with van der Waals surface area (Å²) in [6.45, 7) is -0.933. The van der Waals surface area contributed by atoms with E-state index in [0.717, 1.165) is 12.8 Å². The van der Waals surface area contributed by atoms with Gasteiger partial charge in [-0.1, -0.05) is 5.16 Å². The van der Waals surface area contributed by atoms with Crippen LogP contribution in [0.4, 0.5) is 8.78 Å². The molecule has 4 rings (SSSR count). The van der Waals surface area contributed by atoms with Crippen molar-refractivity contribution in [1.29, 1.82) is 0 Å². The lowest BCUT2D eigenvalue weighted by molar-refractivity contribution is 0.0166. The summed E-state index contributed by atoms with van der Waals surface area (Å²) >= 11 is 0. The fraction of sp³-hybridized carbons (Fsp3) is 0.615. The summed E-state index contributed by atoms with van der Waals surface area (Å²) in [5, 5.41) is 3.51. The summed E-state index contributed by atoms with van der Waals surface area (Å²) in [6, 6.07) is -1.19. The Kier molecular flexibility index (Phi) is 3.29. The maximum atomic E-state index is 13.9. The second kappa shape index (κ2) is 5.06. The number of alkyl halides is 2. The molecule has 2 aliphatic rings. The van der Waals surface area contributed by atoms with Gasteiger partial charge in [0.2, 0.25) is 5.89 Å². The number of halogens is 2. The molecule has 24 heavy (non-hydrogen) atoms. The van der Waals surface area contributed by atoms with Gasteiger partial charge in [-0.05, 0) is 12.8 Å². The summed E-state index contributed by atoms with van der Waals surface area (Å²) in [5.41, 5.74) is 0. The highest BCUT2D eigenvalue weighted by Gasteiger charge is 2.53. The molecule has 0 N–H and O–H groups in total. The van der Waals surface area contributed by atoms with Crippen LogP contribution in [-0.4, -0.2) is 44.9 Å². The van der Waals surface area contributed by atoms with Crippen molar-refractivity contribution in [3.63, 3.8) is 0 Å². The van der Waals surface area contributed by atoms with Crippen LogP contribution in [0, 0.1) is 0 Å². The Morgan fingerprint density at radius 3 is 2.75 bits per heavy atom. The smallest absolute Gasteiger partial charge is 0.263 e. The standard InChI is InChI=1S/C13H15F2N5O3S/c1-19-5-10(16-7-19)24(21,22)20-6-13(14,15)4-9(20)12-17-11(18-23-12)8-2-3-8/h5,7-9H,2-4,6H2,1H3/t9-/m0/s1. The van der Waals surface area contributed by atoms with Crippen molar-refractivity contribution in [2.24, 2.45) is 7.05 Å². The molecule has 1 saturated heterocycles. The number of nitrogens with zero attached hydrogens (tertiary/aromatic N) is 5. The Labute approximate surface area is 136 Å². The van der Waals surface area contributed by atoms with E-state index in [9.17, 15) is 17.2 Å². The molecule has 0 aromatic carbocycles. The van der Waals surface area contributed by atoms with E-state index >= 15 is 0 Å². The quantitative estimate of drug-likeness (QED) is 0.820. The van der Waals surface area contributed by atoms with Crippen molar-refractivity contribution in [3.8, 4) is 0 Å². The summed E-state index contributed by atoms with van der Waals surface area (Å²) in [4.78, 5) is 7.91. The summed E-state index contributed by atoms with van der Waals surface area (Å²) < 4.78 is 60.5. The largest absolute Gasteiger partial charge is 0.339 e. The highest BCUT2D eigenvalue weighted by atomic mass is 32.2. The van der Waals surface area contributed by atoms with Gasteiger partial charge in [0.25, 0.3) is 15.9 Å². The van der Waals surface area contributed by atoms with Crippen LogP contribution in [0.1, 0.15) is 42.9 Å². The minimum Gasteiger partial charge on any atom is -0.339 e. The average molecular weight is 359 g/mol. The number of sulfonamides is 1. The summed E-state index contributed by atoms with van der Waals surface area (Å²) in [5.74, 6) is -2.62. The van der Waals surface area contributed by atoms with Crippen molar-refractivity contribution < 1.29 is 21.7 Å². The number of hydrogen-bond acceptors (Lipinski definition) is 6. The lowest BCUT2D eigenvalue weighted by atomic mass is 10.2. The zero-order chi connectivity index (χ0) is 17.1. The van der Waals surface area contributed by atoms with E-state index in [2.05, 4.69) is 15.1 Å². The molecular formula is C13H15F2N5O3S. The van der Waals surface area contributed by atoms with Crippen LogP contribution in [0.5, 0.6) is 0 Å².